The van der Waals surface area contributed by atoms with Crippen molar-refractivity contribution in [3.8, 4) is 5.75 Å². The number of hydrogen-bond acceptors (Lipinski definition) is 6. The number of aryl methyl sites for hydroxylation is 1. The number of aliphatic hydroxyl groups is 1. The number of aromatic nitrogens is 3. The number of benzene rings is 1. The number of likely N-dealkylation sites (tertiary alicyclic amines) is 1. The van der Waals surface area contributed by atoms with E-state index in [0.29, 0.717) is 31.7 Å². The second-order valence-electron chi connectivity index (χ2n) is 8.15. The molecule has 1 aromatic carbocycles. The Morgan fingerprint density at radius 1 is 1.00 bits per heavy atom. The van der Waals surface area contributed by atoms with Crippen LogP contribution in [-0.2, 0) is 16.1 Å². The summed E-state index contributed by atoms with van der Waals surface area (Å²) in [5.41, 5.74) is 1.26. The lowest BCUT2D eigenvalue weighted by Gasteiger charge is -2.25. The Labute approximate surface area is 198 Å². The fraction of sp³-hybridized carbons (Fsp3) is 0.308. The van der Waals surface area contributed by atoms with Crippen LogP contribution in [-0.4, -0.2) is 49.4 Å². The Morgan fingerprint density at radius 2 is 1.76 bits per heavy atom. The van der Waals surface area contributed by atoms with Crippen LogP contribution >= 0.6 is 0 Å². The van der Waals surface area contributed by atoms with Crippen molar-refractivity contribution in [2.24, 2.45) is 0 Å². The fourth-order valence-electron chi connectivity index (χ4n) is 4.05. The first-order chi connectivity index (χ1) is 16.6. The monoisotopic (exact) mass is 460 g/mol. The van der Waals surface area contributed by atoms with Crippen LogP contribution < -0.4 is 4.74 Å². The average Bonchev–Trinajstić information content (AvgIpc) is 3.47. The van der Waals surface area contributed by atoms with Gasteiger partial charge in [-0.25, -0.2) is 4.98 Å². The molecule has 1 aliphatic rings. The van der Waals surface area contributed by atoms with Crippen LogP contribution in [0.1, 0.15) is 43.4 Å². The molecule has 0 aliphatic carbocycles. The Balaban J connectivity index is 1.66. The quantitative estimate of drug-likeness (QED) is 0.213. The minimum absolute atomic E-state index is 0.0819. The van der Waals surface area contributed by atoms with Gasteiger partial charge in [0.1, 0.15) is 11.5 Å². The van der Waals surface area contributed by atoms with Gasteiger partial charge >= 0.3 is 0 Å². The summed E-state index contributed by atoms with van der Waals surface area (Å²) in [6, 6.07) is 9.90. The van der Waals surface area contributed by atoms with Crippen LogP contribution in [0.5, 0.6) is 5.75 Å². The van der Waals surface area contributed by atoms with E-state index in [1.165, 1.54) is 12.4 Å². The molecular weight excluding hydrogens is 432 g/mol. The van der Waals surface area contributed by atoms with Crippen molar-refractivity contribution < 1.29 is 19.4 Å². The van der Waals surface area contributed by atoms with Gasteiger partial charge in [0.25, 0.3) is 11.7 Å². The molecule has 176 valence electrons. The van der Waals surface area contributed by atoms with Gasteiger partial charge in [-0.2, -0.15) is 0 Å². The molecule has 0 spiro atoms. The van der Waals surface area contributed by atoms with Crippen molar-refractivity contribution in [2.75, 3.05) is 13.2 Å². The third-order valence-corrected chi connectivity index (χ3v) is 5.83. The first kappa shape index (κ1) is 23.2. The maximum absolute atomic E-state index is 13.1. The zero-order valence-electron chi connectivity index (χ0n) is 19.1. The topological polar surface area (TPSA) is 97.5 Å². The number of pyridine rings is 1. The minimum atomic E-state index is -0.694. The summed E-state index contributed by atoms with van der Waals surface area (Å²) >= 11 is 0. The van der Waals surface area contributed by atoms with Crippen LogP contribution in [0.3, 0.4) is 0 Å². The van der Waals surface area contributed by atoms with E-state index in [-0.39, 0.29) is 11.3 Å². The van der Waals surface area contributed by atoms with Crippen LogP contribution in [0.25, 0.3) is 5.76 Å². The highest BCUT2D eigenvalue weighted by Gasteiger charge is 2.45. The van der Waals surface area contributed by atoms with Gasteiger partial charge in [-0.1, -0.05) is 25.5 Å². The Hall–Kier alpha value is -3.94. The molecule has 1 aliphatic heterocycles. The molecule has 1 atom stereocenters. The van der Waals surface area contributed by atoms with E-state index in [1.54, 1.807) is 29.6 Å². The fourth-order valence-corrected chi connectivity index (χ4v) is 4.05. The van der Waals surface area contributed by atoms with E-state index >= 15 is 0 Å². The molecule has 1 saturated heterocycles. The lowest BCUT2D eigenvalue weighted by Crippen LogP contribution is -2.31. The van der Waals surface area contributed by atoms with Gasteiger partial charge in [0.05, 0.1) is 24.5 Å². The molecule has 0 saturated carbocycles. The number of amides is 1. The average molecular weight is 461 g/mol. The van der Waals surface area contributed by atoms with Crippen molar-refractivity contribution in [3.63, 3.8) is 0 Å². The minimum Gasteiger partial charge on any atom is -0.507 e. The predicted octanol–water partition coefficient (Wildman–Crippen LogP) is 3.97. The number of imidazole rings is 1. The zero-order valence-corrected chi connectivity index (χ0v) is 19.1. The third kappa shape index (κ3) is 5.01. The summed E-state index contributed by atoms with van der Waals surface area (Å²) in [6.07, 6.45) is 11.0. The maximum atomic E-state index is 13.1. The molecule has 8 nitrogen and oxygen atoms in total. The summed E-state index contributed by atoms with van der Waals surface area (Å²) in [7, 11) is 0. The van der Waals surface area contributed by atoms with Crippen molar-refractivity contribution in [1.82, 2.24) is 19.4 Å². The molecule has 2 aromatic heterocycles. The number of unbranched alkanes of at least 4 members (excludes halogenated alkanes) is 1. The number of ketones is 1. The summed E-state index contributed by atoms with van der Waals surface area (Å²) < 4.78 is 7.68. The lowest BCUT2D eigenvalue weighted by molar-refractivity contribution is -0.139. The van der Waals surface area contributed by atoms with E-state index in [1.807, 2.05) is 35.0 Å². The number of hydrogen-bond donors (Lipinski definition) is 1. The lowest BCUT2D eigenvalue weighted by atomic mass is 9.95. The zero-order chi connectivity index (χ0) is 23.9. The number of aliphatic hydroxyl groups excluding tert-OH is 1. The smallest absolute Gasteiger partial charge is 0.295 e. The largest absolute Gasteiger partial charge is 0.507 e. The van der Waals surface area contributed by atoms with Crippen molar-refractivity contribution in [2.45, 2.75) is 38.8 Å². The second kappa shape index (κ2) is 10.8. The van der Waals surface area contributed by atoms with Crippen LogP contribution in [0.4, 0.5) is 0 Å². The Morgan fingerprint density at radius 3 is 2.44 bits per heavy atom. The molecule has 1 fully saturated rings. The normalized spacial score (nSPS) is 17.3. The van der Waals surface area contributed by atoms with Gasteiger partial charge in [-0.3, -0.25) is 14.6 Å². The molecule has 0 radical (unpaired) electrons. The standard InChI is InChI=1S/C26H28N4O4/c1-2-3-17-34-21-7-5-19(6-8-21)23-22(24(31)20-9-11-27-12-10-20)25(32)26(33)30(23)15-4-14-29-16-13-28-18-29/h5-13,16,18,23,31H,2-4,14-15,17H2,1H3. The molecule has 4 rings (SSSR count). The summed E-state index contributed by atoms with van der Waals surface area (Å²) in [6.45, 7) is 3.75. The molecule has 3 heterocycles. The van der Waals surface area contributed by atoms with Gasteiger partial charge in [0.2, 0.25) is 0 Å². The SMILES string of the molecule is CCCCOc1ccc(C2C(=C(O)c3ccncc3)C(=O)C(=O)N2CCCn2ccnc2)cc1. The van der Waals surface area contributed by atoms with Crippen LogP contribution in [0, 0.1) is 0 Å². The van der Waals surface area contributed by atoms with Crippen LogP contribution in [0.15, 0.2) is 73.1 Å². The number of Topliss-reactive ketones (excluding diaryl/α,β-unsaturated/α-hetero) is 1. The first-order valence-electron chi connectivity index (χ1n) is 11.5. The summed E-state index contributed by atoms with van der Waals surface area (Å²) in [5.74, 6) is -0.783. The van der Waals surface area contributed by atoms with E-state index in [9.17, 15) is 14.7 Å². The van der Waals surface area contributed by atoms with Gasteiger partial charge < -0.3 is 19.3 Å². The van der Waals surface area contributed by atoms with E-state index in [4.69, 9.17) is 4.74 Å². The number of rotatable bonds is 10. The summed E-state index contributed by atoms with van der Waals surface area (Å²) in [4.78, 5) is 35.7. The molecule has 1 unspecified atom stereocenters. The molecule has 1 amide bonds. The molecule has 34 heavy (non-hydrogen) atoms. The number of ether oxygens (including phenoxy) is 1. The van der Waals surface area contributed by atoms with Crippen molar-refractivity contribution >= 4 is 17.4 Å². The second-order valence-corrected chi connectivity index (χ2v) is 8.15. The van der Waals surface area contributed by atoms with Crippen molar-refractivity contribution in [3.05, 3.63) is 84.2 Å². The van der Waals surface area contributed by atoms with E-state index in [2.05, 4.69) is 16.9 Å². The van der Waals surface area contributed by atoms with E-state index < -0.39 is 17.7 Å². The highest BCUT2D eigenvalue weighted by molar-refractivity contribution is 6.46. The van der Waals surface area contributed by atoms with Crippen molar-refractivity contribution in [1.29, 1.82) is 0 Å². The highest BCUT2D eigenvalue weighted by Crippen LogP contribution is 2.39. The summed E-state index contributed by atoms with van der Waals surface area (Å²) in [5, 5.41) is 11.0. The van der Waals surface area contributed by atoms with Gasteiger partial charge in [-0.05, 0) is 42.7 Å². The van der Waals surface area contributed by atoms with Gasteiger partial charge in [0.15, 0.2) is 0 Å². The molecule has 0 bridgehead atoms. The Kier molecular flexibility index (Phi) is 7.37. The highest BCUT2D eigenvalue weighted by atomic mass is 16.5. The Bertz CT molecular complexity index is 1140. The first-order valence-corrected chi connectivity index (χ1v) is 11.5. The van der Waals surface area contributed by atoms with Gasteiger partial charge in [-0.15, -0.1) is 0 Å². The van der Waals surface area contributed by atoms with E-state index in [0.717, 1.165) is 24.2 Å². The number of carbonyl (C=O) groups is 2. The molecular formula is C26H28N4O4. The molecule has 1 N–H and O–H groups in total. The van der Waals surface area contributed by atoms with Gasteiger partial charge in [0, 0.05) is 43.4 Å². The number of carbonyl (C=O) groups excluding carboxylic acids is 2. The number of nitrogens with zero attached hydrogens (tertiary/aromatic N) is 4. The van der Waals surface area contributed by atoms with Crippen LogP contribution in [0.2, 0.25) is 0 Å². The maximum Gasteiger partial charge on any atom is 0.295 e. The molecule has 3 aromatic rings. The molecule has 8 heteroatoms. The predicted molar refractivity (Wildman–Crippen MR) is 127 cm³/mol. The third-order valence-electron chi connectivity index (χ3n) is 5.83.